The normalized spacial score (nSPS) is 12.0. The molecule has 0 bridgehead atoms. The molecular weight excluding hydrogens is 283 g/mol. The fourth-order valence-corrected chi connectivity index (χ4v) is 1.65. The molecule has 0 heterocycles. The van der Waals surface area contributed by atoms with Crippen LogP contribution in [-0.4, -0.2) is 24.4 Å². The van der Waals surface area contributed by atoms with Gasteiger partial charge in [-0.3, -0.25) is 0 Å². The molecule has 112 valence electrons. The first-order valence-corrected chi connectivity index (χ1v) is 6.30. The Labute approximate surface area is 120 Å². The quantitative estimate of drug-likeness (QED) is 0.861. The number of halogens is 3. The number of ether oxygens (including phenoxy) is 1. The summed E-state index contributed by atoms with van der Waals surface area (Å²) in [5.74, 6) is -1.93. The lowest BCUT2D eigenvalue weighted by atomic mass is 10.2. The smallest absolute Gasteiger partial charge is 0.181 e. The molecular formula is C15H14F3NO2. The Bertz CT molecular complexity index is 590. The number of hydrogen-bond donors (Lipinski definition) is 2. The van der Waals surface area contributed by atoms with E-state index in [9.17, 15) is 18.3 Å². The lowest BCUT2D eigenvalue weighted by Crippen LogP contribution is -2.26. The average Bonchev–Trinajstić information content (AvgIpc) is 2.48. The van der Waals surface area contributed by atoms with Crippen LogP contribution in [0.25, 0.3) is 0 Å². The van der Waals surface area contributed by atoms with Crippen molar-refractivity contribution in [1.82, 2.24) is 0 Å². The van der Waals surface area contributed by atoms with E-state index >= 15 is 0 Å². The molecule has 0 aliphatic carbocycles. The number of rotatable bonds is 6. The molecule has 0 aliphatic rings. The van der Waals surface area contributed by atoms with Gasteiger partial charge in [0.1, 0.15) is 24.3 Å². The fraction of sp³-hybridized carbons (Fsp3) is 0.200. The number of hydrogen-bond acceptors (Lipinski definition) is 3. The van der Waals surface area contributed by atoms with Crippen LogP contribution in [0.4, 0.5) is 18.9 Å². The van der Waals surface area contributed by atoms with Crippen molar-refractivity contribution < 1.29 is 23.0 Å². The van der Waals surface area contributed by atoms with Crippen molar-refractivity contribution in [2.45, 2.75) is 6.10 Å². The Kier molecular flexibility index (Phi) is 5.05. The third kappa shape index (κ3) is 4.39. The van der Waals surface area contributed by atoms with Crippen LogP contribution >= 0.6 is 0 Å². The topological polar surface area (TPSA) is 41.5 Å². The van der Waals surface area contributed by atoms with Crippen molar-refractivity contribution in [3.8, 4) is 5.75 Å². The van der Waals surface area contributed by atoms with Crippen molar-refractivity contribution >= 4 is 5.69 Å². The van der Waals surface area contributed by atoms with Crippen molar-refractivity contribution in [3.05, 3.63) is 59.9 Å². The van der Waals surface area contributed by atoms with Gasteiger partial charge in [-0.25, -0.2) is 13.2 Å². The zero-order valence-corrected chi connectivity index (χ0v) is 11.0. The van der Waals surface area contributed by atoms with Crippen LogP contribution in [0.1, 0.15) is 0 Å². The summed E-state index contributed by atoms with van der Waals surface area (Å²) in [7, 11) is 0. The zero-order chi connectivity index (χ0) is 15.2. The maximum atomic E-state index is 13.4. The number of nitrogens with one attached hydrogen (secondary N) is 1. The van der Waals surface area contributed by atoms with Crippen LogP contribution in [0.15, 0.2) is 42.5 Å². The molecule has 0 aliphatic heterocycles. The Morgan fingerprint density at radius 2 is 1.76 bits per heavy atom. The SMILES string of the molecule is OC(CNc1cccc(F)c1F)COc1ccc(F)cc1. The monoisotopic (exact) mass is 297 g/mol. The van der Waals surface area contributed by atoms with E-state index in [1.165, 1.54) is 36.4 Å². The molecule has 2 rings (SSSR count). The van der Waals surface area contributed by atoms with Gasteiger partial charge in [-0.2, -0.15) is 0 Å². The number of benzene rings is 2. The van der Waals surface area contributed by atoms with Gasteiger partial charge in [0.05, 0.1) is 5.69 Å². The van der Waals surface area contributed by atoms with Gasteiger partial charge in [0.15, 0.2) is 11.6 Å². The van der Waals surface area contributed by atoms with E-state index in [2.05, 4.69) is 5.32 Å². The Hall–Kier alpha value is -2.21. The first kappa shape index (κ1) is 15.2. The Morgan fingerprint density at radius 1 is 1.05 bits per heavy atom. The van der Waals surface area contributed by atoms with Gasteiger partial charge in [0.25, 0.3) is 0 Å². The highest BCUT2D eigenvalue weighted by Crippen LogP contribution is 2.16. The fourth-order valence-electron chi connectivity index (χ4n) is 1.65. The summed E-state index contributed by atoms with van der Waals surface area (Å²) in [5.41, 5.74) is -0.0316. The minimum absolute atomic E-state index is 0.0123. The first-order valence-electron chi connectivity index (χ1n) is 6.30. The summed E-state index contributed by atoms with van der Waals surface area (Å²) in [6.07, 6.45) is -0.933. The first-order chi connectivity index (χ1) is 10.1. The van der Waals surface area contributed by atoms with E-state index in [1.807, 2.05) is 0 Å². The maximum Gasteiger partial charge on any atom is 0.181 e. The average molecular weight is 297 g/mol. The number of aliphatic hydroxyl groups is 1. The van der Waals surface area contributed by atoms with Gasteiger partial charge in [0.2, 0.25) is 0 Å². The van der Waals surface area contributed by atoms with E-state index < -0.39 is 17.7 Å². The van der Waals surface area contributed by atoms with Crippen LogP contribution in [0.2, 0.25) is 0 Å². The van der Waals surface area contributed by atoms with Crippen molar-refractivity contribution in [1.29, 1.82) is 0 Å². The molecule has 0 amide bonds. The highest BCUT2D eigenvalue weighted by molar-refractivity contribution is 5.44. The predicted molar refractivity (Wildman–Crippen MR) is 72.7 cm³/mol. The van der Waals surface area contributed by atoms with E-state index in [1.54, 1.807) is 0 Å². The number of anilines is 1. The molecule has 2 aromatic rings. The van der Waals surface area contributed by atoms with Gasteiger partial charge in [-0.1, -0.05) is 6.07 Å². The summed E-state index contributed by atoms with van der Waals surface area (Å²) in [5, 5.41) is 12.3. The van der Waals surface area contributed by atoms with Crippen LogP contribution < -0.4 is 10.1 Å². The third-order valence-electron chi connectivity index (χ3n) is 2.74. The maximum absolute atomic E-state index is 13.4. The van der Waals surface area contributed by atoms with Crippen LogP contribution in [-0.2, 0) is 0 Å². The lowest BCUT2D eigenvalue weighted by Gasteiger charge is -2.14. The molecule has 0 spiro atoms. The van der Waals surface area contributed by atoms with Crippen molar-refractivity contribution in [3.63, 3.8) is 0 Å². The van der Waals surface area contributed by atoms with E-state index in [4.69, 9.17) is 4.74 Å². The van der Waals surface area contributed by atoms with E-state index in [-0.39, 0.29) is 24.7 Å². The Balaban J connectivity index is 1.80. The van der Waals surface area contributed by atoms with Gasteiger partial charge >= 0.3 is 0 Å². The molecule has 0 fully saturated rings. The van der Waals surface area contributed by atoms with Gasteiger partial charge in [-0.05, 0) is 36.4 Å². The standard InChI is InChI=1S/C15H14F3NO2/c16-10-4-6-12(7-5-10)21-9-11(20)8-19-14-3-1-2-13(17)15(14)18/h1-7,11,19-20H,8-9H2. The van der Waals surface area contributed by atoms with Crippen LogP contribution in [0.5, 0.6) is 5.75 Å². The largest absolute Gasteiger partial charge is 0.491 e. The highest BCUT2D eigenvalue weighted by Gasteiger charge is 2.10. The Morgan fingerprint density at radius 3 is 2.48 bits per heavy atom. The molecule has 0 aromatic heterocycles. The highest BCUT2D eigenvalue weighted by atomic mass is 19.2. The summed E-state index contributed by atoms with van der Waals surface area (Å²) >= 11 is 0. The summed E-state index contributed by atoms with van der Waals surface area (Å²) in [6.45, 7) is -0.0723. The minimum atomic E-state index is -0.996. The molecule has 0 saturated carbocycles. The van der Waals surface area contributed by atoms with Crippen molar-refractivity contribution in [2.75, 3.05) is 18.5 Å². The summed E-state index contributed by atoms with van der Waals surface area (Å²) in [4.78, 5) is 0. The van der Waals surface area contributed by atoms with Gasteiger partial charge in [0, 0.05) is 6.54 Å². The molecule has 2 aromatic carbocycles. The molecule has 6 heteroatoms. The molecule has 3 nitrogen and oxygen atoms in total. The minimum Gasteiger partial charge on any atom is -0.491 e. The lowest BCUT2D eigenvalue weighted by molar-refractivity contribution is 0.117. The molecule has 0 radical (unpaired) electrons. The van der Waals surface area contributed by atoms with Crippen molar-refractivity contribution in [2.24, 2.45) is 0 Å². The second-order valence-corrected chi connectivity index (χ2v) is 4.40. The van der Waals surface area contributed by atoms with E-state index in [0.29, 0.717) is 5.75 Å². The second-order valence-electron chi connectivity index (χ2n) is 4.40. The second kappa shape index (κ2) is 6.99. The number of aliphatic hydroxyl groups excluding tert-OH is 1. The summed E-state index contributed by atoms with van der Waals surface area (Å²) < 4.78 is 44.3. The molecule has 0 saturated heterocycles. The molecule has 2 N–H and O–H groups in total. The molecule has 21 heavy (non-hydrogen) atoms. The van der Waals surface area contributed by atoms with Gasteiger partial charge in [-0.15, -0.1) is 0 Å². The predicted octanol–water partition coefficient (Wildman–Crippen LogP) is 2.96. The molecule has 1 atom stereocenters. The molecule has 1 unspecified atom stereocenters. The van der Waals surface area contributed by atoms with Crippen LogP contribution in [0.3, 0.4) is 0 Å². The van der Waals surface area contributed by atoms with Gasteiger partial charge < -0.3 is 15.2 Å². The zero-order valence-electron chi connectivity index (χ0n) is 11.0. The summed E-state index contributed by atoms with van der Waals surface area (Å²) in [6, 6.07) is 9.08. The van der Waals surface area contributed by atoms with E-state index in [0.717, 1.165) is 6.07 Å². The van der Waals surface area contributed by atoms with Crippen LogP contribution in [0, 0.1) is 17.5 Å². The third-order valence-corrected chi connectivity index (χ3v) is 2.74.